The van der Waals surface area contributed by atoms with Crippen LogP contribution in [0.25, 0.3) is 54.7 Å². The molecule has 3 aromatic heterocycles. The van der Waals surface area contributed by atoms with E-state index in [0.717, 1.165) is 116 Å². The van der Waals surface area contributed by atoms with Crippen LogP contribution in [0.2, 0.25) is 0 Å². The number of esters is 2. The van der Waals surface area contributed by atoms with Crippen LogP contribution in [0.4, 0.5) is 11.4 Å². The molecule has 3 heterocycles. The van der Waals surface area contributed by atoms with Gasteiger partial charge >= 0.3 is 11.9 Å². The summed E-state index contributed by atoms with van der Waals surface area (Å²) in [5, 5.41) is 12.3. The molecule has 462 valence electrons. The van der Waals surface area contributed by atoms with E-state index in [-0.39, 0.29) is 22.1 Å². The number of aromatic hydroxyl groups is 1. The number of fused-ring (bicyclic) bond motifs is 5. The number of benzene rings is 4. The fourth-order valence-electron chi connectivity index (χ4n) is 11.7. The van der Waals surface area contributed by atoms with E-state index in [4.69, 9.17) is 39.6 Å². The summed E-state index contributed by atoms with van der Waals surface area (Å²) in [6, 6.07) is 21.7. The lowest BCUT2D eigenvalue weighted by atomic mass is 10.0. The van der Waals surface area contributed by atoms with Gasteiger partial charge in [0.05, 0.1) is 57.2 Å². The maximum Gasteiger partial charge on any atom is 0.378 e. The Labute approximate surface area is 504 Å². The first-order valence-corrected chi connectivity index (χ1v) is 31.3. The highest BCUT2D eigenvalue weighted by Crippen LogP contribution is 2.42. The van der Waals surface area contributed by atoms with Crippen LogP contribution in [-0.2, 0) is 27.4 Å². The number of nitrogens with zero attached hydrogens (tertiary/aromatic N) is 2. The van der Waals surface area contributed by atoms with Gasteiger partial charge in [0, 0.05) is 41.0 Å². The first-order chi connectivity index (χ1) is 41.2. The van der Waals surface area contributed by atoms with Crippen LogP contribution in [0.5, 0.6) is 23.0 Å². The first kappa shape index (κ1) is 64.3. The van der Waals surface area contributed by atoms with Crippen molar-refractivity contribution in [2.24, 2.45) is 0 Å². The summed E-state index contributed by atoms with van der Waals surface area (Å²) in [5.41, 5.74) is 16.2. The van der Waals surface area contributed by atoms with E-state index in [1.54, 1.807) is 53.7 Å². The highest BCUT2D eigenvalue weighted by atomic mass is 16.6. The van der Waals surface area contributed by atoms with Crippen molar-refractivity contribution in [1.29, 1.82) is 0 Å². The minimum atomic E-state index is -0.914. The number of carbonyl (C=O) groups is 2. The van der Waals surface area contributed by atoms with Crippen molar-refractivity contribution in [3.05, 3.63) is 115 Å². The van der Waals surface area contributed by atoms with E-state index in [1.807, 2.05) is 32.0 Å². The summed E-state index contributed by atoms with van der Waals surface area (Å²) >= 11 is 0. The lowest BCUT2D eigenvalue weighted by Gasteiger charge is -2.20. The number of anilines is 2. The van der Waals surface area contributed by atoms with Crippen LogP contribution in [0.15, 0.2) is 85.5 Å². The number of carbonyl (C=O) groups excluding carboxylic acids is 2. The smallest absolute Gasteiger partial charge is 0.378 e. The number of para-hydroxylation sites is 2. The molecule has 5 aromatic carbocycles. The van der Waals surface area contributed by atoms with Gasteiger partial charge in [0.25, 0.3) is 5.76 Å². The predicted molar refractivity (Wildman–Crippen MR) is 344 cm³/mol. The summed E-state index contributed by atoms with van der Waals surface area (Å²) in [6.07, 6.45) is 22.6. The van der Waals surface area contributed by atoms with Crippen molar-refractivity contribution in [3.8, 4) is 34.1 Å². The second kappa shape index (κ2) is 29.1. The molecule has 0 radical (unpaired) electrons. The maximum atomic E-state index is 13.1. The van der Waals surface area contributed by atoms with Gasteiger partial charge in [0.2, 0.25) is 22.0 Å². The van der Waals surface area contributed by atoms with Crippen molar-refractivity contribution in [2.45, 2.75) is 208 Å². The Kier molecular flexibility index (Phi) is 21.7. The molecule has 0 bridgehead atoms. The molecule has 0 aliphatic carbocycles. The summed E-state index contributed by atoms with van der Waals surface area (Å²) in [7, 11) is 0. The highest BCUT2D eigenvalue weighted by Gasteiger charge is 2.30. The third kappa shape index (κ3) is 15.6. The Balaban J connectivity index is 0.669. The van der Waals surface area contributed by atoms with E-state index in [1.165, 1.54) is 64.2 Å². The molecule has 0 atom stereocenters. The molecule has 86 heavy (non-hydrogen) atoms. The SMILES string of the molecule is Cc1c(N)c2c(OCC(=O)OC(C)(C)C)c3c(=O)c(=O)c3cc2n1CCCCCCCCCCCCOc1ccccc1-c1ccccc1OCCCCCCCCCCCCn1c(C)c(N)c2c3oc(C(=O)OC(C)(C)C)c(O)c(=O)c3ccc21. The Hall–Kier alpha value is -7.75. The van der Waals surface area contributed by atoms with E-state index in [2.05, 4.69) is 45.5 Å². The van der Waals surface area contributed by atoms with Crippen LogP contribution < -0.4 is 42.0 Å². The molecular weight excluding hydrogens is 1090 g/mol. The molecular formula is C70H90N4O12. The van der Waals surface area contributed by atoms with Crippen LogP contribution in [0.1, 0.15) is 192 Å². The Morgan fingerprint density at radius 1 is 0.512 bits per heavy atom. The second-order valence-corrected chi connectivity index (χ2v) is 25.1. The van der Waals surface area contributed by atoms with Gasteiger partial charge in [0.15, 0.2) is 12.2 Å². The molecule has 16 heteroatoms. The molecule has 0 spiro atoms. The van der Waals surface area contributed by atoms with E-state index < -0.39 is 57.5 Å². The zero-order valence-corrected chi connectivity index (χ0v) is 52.0. The number of nitrogen functional groups attached to an aromatic ring is 2. The minimum Gasteiger partial charge on any atom is -0.501 e. The number of nitrogens with two attached hydrogens (primary N) is 2. The number of unbranched alkanes of at least 4 members (excludes halogenated alkanes) is 18. The van der Waals surface area contributed by atoms with Crippen molar-refractivity contribution >= 4 is 66.9 Å². The standard InChI is InChI=1S/C70H90N4O12/c1-45-59(71)57-51(38-37-49-61(76)64(79)67(84-65(49)57)68(80)86-70(6,7)8)73(45)39-29-21-17-13-9-11-15-19-23-31-41-81-53-35-27-25-33-47(53)48-34-26-28-36-54(48)82-42-32-24-20-16-12-10-14-18-22-30-40-74-46(2)60(72)58-52(74)43-50-56(63(78)62(50)77)66(58)83-44-55(75)85-69(3,4)5/h25-28,33-38,43,79H,9-24,29-32,39-42,44,71-72H2,1-8H3. The van der Waals surface area contributed by atoms with Gasteiger partial charge in [-0.15, -0.1) is 0 Å². The number of aromatic nitrogens is 2. The molecule has 0 unspecified atom stereocenters. The number of ether oxygens (including phenoxy) is 5. The topological polar surface area (TPSA) is 227 Å². The molecule has 0 aliphatic heterocycles. The maximum absolute atomic E-state index is 13.1. The quantitative estimate of drug-likeness (QED) is 0.0198. The summed E-state index contributed by atoms with van der Waals surface area (Å²) < 4.78 is 39.7. The zero-order chi connectivity index (χ0) is 61.7. The van der Waals surface area contributed by atoms with Crippen molar-refractivity contribution < 1.29 is 42.8 Å². The number of rotatable bonds is 33. The third-order valence-corrected chi connectivity index (χ3v) is 16.1. The summed E-state index contributed by atoms with van der Waals surface area (Å²) in [4.78, 5) is 63.7. The lowest BCUT2D eigenvalue weighted by Crippen LogP contribution is -2.32. The fourth-order valence-corrected chi connectivity index (χ4v) is 11.7. The largest absolute Gasteiger partial charge is 0.501 e. The molecule has 8 aromatic rings. The van der Waals surface area contributed by atoms with E-state index >= 15 is 0 Å². The van der Waals surface area contributed by atoms with Gasteiger partial charge in [-0.05, 0) is 111 Å². The molecule has 0 saturated heterocycles. The molecule has 8 rings (SSSR count). The van der Waals surface area contributed by atoms with Gasteiger partial charge in [-0.3, -0.25) is 14.4 Å². The average molecular weight is 1180 g/mol. The molecule has 0 fully saturated rings. The van der Waals surface area contributed by atoms with Crippen LogP contribution in [-0.4, -0.2) is 57.2 Å². The predicted octanol–water partition coefficient (Wildman–Crippen LogP) is 15.2. The normalized spacial score (nSPS) is 12.1. The number of hydrogen-bond acceptors (Lipinski definition) is 14. The van der Waals surface area contributed by atoms with E-state index in [0.29, 0.717) is 47.3 Å². The molecule has 5 N–H and O–H groups in total. The monoisotopic (exact) mass is 1180 g/mol. The molecule has 0 saturated carbocycles. The first-order valence-electron chi connectivity index (χ1n) is 31.3. The summed E-state index contributed by atoms with van der Waals surface area (Å²) in [5.74, 6) is -0.848. The molecule has 0 aliphatic rings. The van der Waals surface area contributed by atoms with Crippen molar-refractivity contribution in [1.82, 2.24) is 9.13 Å². The minimum absolute atomic E-state index is 0.152. The number of aryl methyl sites for hydroxylation is 2. The second-order valence-electron chi connectivity index (χ2n) is 25.1. The molecule has 16 nitrogen and oxygen atoms in total. The number of hydrogen-bond donors (Lipinski definition) is 3. The zero-order valence-electron chi connectivity index (χ0n) is 52.0. The van der Waals surface area contributed by atoms with Crippen LogP contribution in [0, 0.1) is 13.8 Å². The van der Waals surface area contributed by atoms with Gasteiger partial charge in [0.1, 0.15) is 28.5 Å². The third-order valence-electron chi connectivity index (χ3n) is 16.1. The van der Waals surface area contributed by atoms with Crippen LogP contribution >= 0.6 is 0 Å². The summed E-state index contributed by atoms with van der Waals surface area (Å²) in [6.45, 7) is 16.7. The molecule has 0 amide bonds. The lowest BCUT2D eigenvalue weighted by molar-refractivity contribution is -0.157. The Morgan fingerprint density at radius 3 is 1.47 bits per heavy atom. The highest BCUT2D eigenvalue weighted by molar-refractivity contribution is 6.13. The van der Waals surface area contributed by atoms with E-state index in [9.17, 15) is 29.1 Å². The Bertz CT molecular complexity index is 3790. The Morgan fingerprint density at radius 2 is 0.965 bits per heavy atom. The van der Waals surface area contributed by atoms with Crippen LogP contribution in [0.3, 0.4) is 0 Å². The van der Waals surface area contributed by atoms with Gasteiger partial charge in [-0.2, -0.15) is 0 Å². The van der Waals surface area contributed by atoms with Gasteiger partial charge < -0.3 is 53.8 Å². The van der Waals surface area contributed by atoms with Gasteiger partial charge in [-0.1, -0.05) is 139 Å². The van der Waals surface area contributed by atoms with Gasteiger partial charge in [-0.25, -0.2) is 9.59 Å². The fraction of sp³-hybridized carbons (Fsp3) is 0.500. The van der Waals surface area contributed by atoms with Crippen molar-refractivity contribution in [3.63, 3.8) is 0 Å². The van der Waals surface area contributed by atoms with Crippen molar-refractivity contribution in [2.75, 3.05) is 31.3 Å². The average Bonchev–Trinajstić information content (AvgIpc) is 1.45.